The molecule has 0 aromatic heterocycles. The van der Waals surface area contributed by atoms with Crippen molar-refractivity contribution in [3.05, 3.63) is 0 Å². The van der Waals surface area contributed by atoms with E-state index in [1.807, 2.05) is 0 Å². The van der Waals surface area contributed by atoms with Gasteiger partial charge in [-0.2, -0.15) is 8.78 Å². The van der Waals surface area contributed by atoms with Gasteiger partial charge in [-0.3, -0.25) is 0 Å². The molecule has 1 heterocycles. The summed E-state index contributed by atoms with van der Waals surface area (Å²) in [5, 5.41) is 4.35. The number of aliphatic hydroxyl groups is 1. The van der Waals surface area contributed by atoms with Crippen molar-refractivity contribution in [3.8, 4) is 0 Å². The van der Waals surface area contributed by atoms with E-state index in [-0.39, 0.29) is 0 Å². The molecule has 1 aliphatic heterocycles. The molecule has 1 aliphatic rings. The molecule has 1 N–H and O–H groups in total. The maximum absolute atomic E-state index is 13.2. The van der Waals surface area contributed by atoms with Crippen molar-refractivity contribution in [1.82, 2.24) is 0 Å². The van der Waals surface area contributed by atoms with Crippen molar-refractivity contribution in [2.75, 3.05) is 13.2 Å². The molecule has 1 rings (SSSR count). The molecule has 0 saturated carbocycles. The average molecular weight is 289 g/mol. The highest BCUT2D eigenvalue weighted by Crippen LogP contribution is 2.53. The molecule has 90 valence electrons. The van der Waals surface area contributed by atoms with Crippen LogP contribution in [0.25, 0.3) is 0 Å². The Morgan fingerprint density at radius 1 is 1.33 bits per heavy atom. The number of rotatable bonds is 3. The topological polar surface area (TPSA) is 38.7 Å². The zero-order valence-corrected chi connectivity index (χ0v) is 9.29. The van der Waals surface area contributed by atoms with Crippen molar-refractivity contribution < 1.29 is 27.8 Å². The van der Waals surface area contributed by atoms with Crippen LogP contribution in [0.5, 0.6) is 0 Å². The lowest BCUT2D eigenvalue weighted by Crippen LogP contribution is -2.56. The number of ether oxygens (including phenoxy) is 2. The van der Waals surface area contributed by atoms with E-state index >= 15 is 0 Å². The molecule has 15 heavy (non-hydrogen) atoms. The minimum absolute atomic E-state index is 0.496. The van der Waals surface area contributed by atoms with E-state index in [4.69, 9.17) is 28.3 Å². The molecule has 9 heteroatoms. The summed E-state index contributed by atoms with van der Waals surface area (Å²) in [6, 6.07) is 0. The monoisotopic (exact) mass is 288 g/mol. The summed E-state index contributed by atoms with van der Waals surface area (Å²) in [6.45, 7) is -1.15. The molecular weight excluding hydrogens is 283 g/mol. The Labute approximate surface area is 98.0 Å². The first kappa shape index (κ1) is 13.6. The molecule has 1 saturated heterocycles. The Balaban J connectivity index is 3.01. The second-order valence-corrected chi connectivity index (χ2v) is 4.56. The van der Waals surface area contributed by atoms with Crippen LogP contribution in [0.15, 0.2) is 0 Å². The summed E-state index contributed by atoms with van der Waals surface area (Å²) in [7, 11) is 0. The smallest absolute Gasteiger partial charge is 0.380 e. The highest BCUT2D eigenvalue weighted by atomic mass is 35.5. The van der Waals surface area contributed by atoms with Gasteiger partial charge in [-0.15, -0.1) is 0 Å². The molecule has 3 nitrogen and oxygen atoms in total. The summed E-state index contributed by atoms with van der Waals surface area (Å²) in [6.07, 6.45) is -1.16. The van der Waals surface area contributed by atoms with E-state index in [9.17, 15) is 13.2 Å². The molecule has 1 fully saturated rings. The third-order valence-electron chi connectivity index (χ3n) is 1.76. The van der Waals surface area contributed by atoms with Gasteiger partial charge in [0.1, 0.15) is 6.10 Å². The zero-order chi connectivity index (χ0) is 11.9. The number of aliphatic hydroxyl groups excluding tert-OH is 1. The van der Waals surface area contributed by atoms with Gasteiger partial charge in [0.25, 0.3) is 0 Å². The van der Waals surface area contributed by atoms with Gasteiger partial charge >= 0.3 is 15.8 Å². The average Bonchev–Trinajstić information content (AvgIpc) is 2.45. The second-order valence-electron chi connectivity index (χ2n) is 2.85. The number of hydrogen-bond donors (Lipinski definition) is 1. The fourth-order valence-electron chi connectivity index (χ4n) is 1.06. The van der Waals surface area contributed by atoms with Crippen LogP contribution in [0.1, 0.15) is 0 Å². The molecule has 0 bridgehead atoms. The highest BCUT2D eigenvalue weighted by Gasteiger charge is 2.72. The largest absolute Gasteiger partial charge is 0.394 e. The van der Waals surface area contributed by atoms with Gasteiger partial charge in [-0.25, -0.2) is 4.39 Å². The van der Waals surface area contributed by atoms with E-state index in [1.54, 1.807) is 0 Å². The standard InChI is InChI=1S/C6H6Cl3F3O3/c7-5(8,10)4(6(9,11)12)14-2-3(1-13)15-4/h3,13H,1-2H2. The first-order valence-electron chi connectivity index (χ1n) is 3.70. The Bertz CT molecular complexity index is 226. The Morgan fingerprint density at radius 3 is 2.07 bits per heavy atom. The number of halogens is 6. The van der Waals surface area contributed by atoms with E-state index < -0.39 is 35.1 Å². The maximum atomic E-state index is 13.2. The minimum Gasteiger partial charge on any atom is -0.394 e. The van der Waals surface area contributed by atoms with Crippen LogP contribution in [-0.4, -0.2) is 40.2 Å². The van der Waals surface area contributed by atoms with Gasteiger partial charge in [0.2, 0.25) is 0 Å². The summed E-state index contributed by atoms with van der Waals surface area (Å²) >= 11 is 14.4. The van der Waals surface area contributed by atoms with Crippen molar-refractivity contribution in [3.63, 3.8) is 0 Å². The van der Waals surface area contributed by atoms with Crippen LogP contribution in [0.3, 0.4) is 0 Å². The third kappa shape index (κ3) is 2.30. The summed E-state index contributed by atoms with van der Waals surface area (Å²) in [5.41, 5.74) is 0. The van der Waals surface area contributed by atoms with E-state index in [1.165, 1.54) is 0 Å². The van der Waals surface area contributed by atoms with Gasteiger partial charge in [0, 0.05) is 0 Å². The van der Waals surface area contributed by atoms with Crippen molar-refractivity contribution in [2.24, 2.45) is 0 Å². The maximum Gasteiger partial charge on any atom is 0.380 e. The molecule has 2 atom stereocenters. The van der Waals surface area contributed by atoms with Crippen LogP contribution in [0.2, 0.25) is 0 Å². The first-order valence-corrected chi connectivity index (χ1v) is 4.83. The highest BCUT2D eigenvalue weighted by molar-refractivity contribution is 6.48. The Kier molecular flexibility index (Phi) is 3.71. The van der Waals surface area contributed by atoms with Gasteiger partial charge in [-0.1, -0.05) is 23.2 Å². The first-order chi connectivity index (χ1) is 6.64. The molecule has 0 spiro atoms. The van der Waals surface area contributed by atoms with Crippen LogP contribution in [-0.2, 0) is 9.47 Å². The predicted octanol–water partition coefficient (Wildman–Crippen LogP) is 2.02. The van der Waals surface area contributed by atoms with Crippen LogP contribution in [0, 0.1) is 0 Å². The van der Waals surface area contributed by atoms with Gasteiger partial charge in [0.15, 0.2) is 0 Å². The van der Waals surface area contributed by atoms with Crippen LogP contribution >= 0.6 is 34.8 Å². The number of hydrogen-bond acceptors (Lipinski definition) is 3. The van der Waals surface area contributed by atoms with Crippen LogP contribution < -0.4 is 0 Å². The zero-order valence-electron chi connectivity index (χ0n) is 7.02. The minimum atomic E-state index is -4.28. The SMILES string of the molecule is OCC1COC(C(F)(F)Cl)(C(F)(Cl)Cl)O1. The summed E-state index contributed by atoms with van der Waals surface area (Å²) in [5.74, 6) is -3.32. The van der Waals surface area contributed by atoms with Crippen molar-refractivity contribution >= 4 is 34.8 Å². The quantitative estimate of drug-likeness (QED) is 0.808. The van der Waals surface area contributed by atoms with E-state index in [2.05, 4.69) is 21.1 Å². The Morgan fingerprint density at radius 2 is 1.87 bits per heavy atom. The predicted molar refractivity (Wildman–Crippen MR) is 47.0 cm³/mol. The number of alkyl halides is 6. The second kappa shape index (κ2) is 4.09. The van der Waals surface area contributed by atoms with Gasteiger partial charge < -0.3 is 14.6 Å². The summed E-state index contributed by atoms with van der Waals surface area (Å²) in [4.78, 5) is 0. The molecule has 0 aromatic rings. The van der Waals surface area contributed by atoms with Crippen molar-refractivity contribution in [2.45, 2.75) is 21.9 Å². The Hall–Kier alpha value is 0.540. The third-order valence-corrected chi connectivity index (χ3v) is 2.50. The lowest BCUT2D eigenvalue weighted by Gasteiger charge is -2.35. The summed E-state index contributed by atoms with van der Waals surface area (Å²) < 4.78 is 44.3. The van der Waals surface area contributed by atoms with Crippen molar-refractivity contribution in [1.29, 1.82) is 0 Å². The molecule has 0 aliphatic carbocycles. The van der Waals surface area contributed by atoms with E-state index in [0.717, 1.165) is 0 Å². The molecular formula is C6H6Cl3F3O3. The molecule has 2 unspecified atom stereocenters. The van der Waals surface area contributed by atoms with Crippen LogP contribution in [0.4, 0.5) is 13.2 Å². The normalized spacial score (nSPS) is 33.4. The molecule has 0 amide bonds. The lowest BCUT2D eigenvalue weighted by atomic mass is 10.3. The van der Waals surface area contributed by atoms with Gasteiger partial charge in [-0.05, 0) is 11.6 Å². The fraction of sp³-hybridized carbons (Fsp3) is 1.00. The lowest BCUT2D eigenvalue weighted by molar-refractivity contribution is -0.286. The molecule has 0 radical (unpaired) electrons. The van der Waals surface area contributed by atoms with Gasteiger partial charge in [0.05, 0.1) is 13.2 Å². The molecule has 0 aromatic carbocycles. The van der Waals surface area contributed by atoms with E-state index in [0.29, 0.717) is 0 Å². The fourth-order valence-corrected chi connectivity index (χ4v) is 1.82.